The Morgan fingerprint density at radius 2 is 1.62 bits per heavy atom. The normalized spacial score (nSPS) is 13.0. The van der Waals surface area contributed by atoms with Gasteiger partial charge >= 0.3 is 0 Å². The van der Waals surface area contributed by atoms with E-state index in [4.69, 9.17) is 32.0 Å². The lowest BCUT2D eigenvalue weighted by molar-refractivity contribution is 0.518. The topological polar surface area (TPSA) is 26.3 Å². The van der Waals surface area contributed by atoms with E-state index in [9.17, 15) is 0 Å². The summed E-state index contributed by atoms with van der Waals surface area (Å²) in [7, 11) is 0. The molecule has 0 saturated carbocycles. The second-order valence-corrected chi connectivity index (χ2v) is 5.67. The maximum absolute atomic E-state index is 6.48. The van der Waals surface area contributed by atoms with Crippen molar-refractivity contribution in [2.24, 2.45) is 0 Å². The van der Waals surface area contributed by atoms with Gasteiger partial charge in [0.2, 0.25) is 0 Å². The Morgan fingerprint density at radius 3 is 2.43 bits per heavy atom. The lowest BCUT2D eigenvalue weighted by Crippen LogP contribution is -1.90. The molecule has 104 valence electrons. The summed E-state index contributed by atoms with van der Waals surface area (Å²) in [5.41, 5.74) is 2.67. The van der Waals surface area contributed by atoms with Gasteiger partial charge in [-0.15, -0.1) is 11.6 Å². The Morgan fingerprint density at radius 1 is 0.810 bits per heavy atom. The van der Waals surface area contributed by atoms with Gasteiger partial charge in [-0.3, -0.25) is 0 Å². The van der Waals surface area contributed by atoms with Crippen LogP contribution in [0.5, 0.6) is 0 Å². The minimum atomic E-state index is -0.379. The number of hydrogen-bond donors (Lipinski definition) is 0. The van der Waals surface area contributed by atoms with E-state index in [0.717, 1.165) is 27.5 Å². The molecule has 0 saturated heterocycles. The largest absolute Gasteiger partial charge is 0.456 e. The van der Waals surface area contributed by atoms with Crippen molar-refractivity contribution in [2.45, 2.75) is 5.38 Å². The summed E-state index contributed by atoms with van der Waals surface area (Å²) in [6, 6.07) is 17.3. The minimum Gasteiger partial charge on any atom is -0.456 e. The molecule has 4 rings (SSSR count). The number of alkyl halides is 1. The molecule has 2 heterocycles. The van der Waals surface area contributed by atoms with E-state index in [-0.39, 0.29) is 5.38 Å². The average Bonchev–Trinajstić information content (AvgIpc) is 3.09. The molecule has 0 spiro atoms. The van der Waals surface area contributed by atoms with Gasteiger partial charge in [0.15, 0.2) is 5.22 Å². The first-order valence-electron chi connectivity index (χ1n) is 6.53. The number of rotatable bonds is 2. The lowest BCUT2D eigenvalue weighted by Gasteiger charge is -2.06. The van der Waals surface area contributed by atoms with Crippen molar-refractivity contribution in [3.63, 3.8) is 0 Å². The molecule has 0 N–H and O–H groups in total. The van der Waals surface area contributed by atoms with Crippen LogP contribution in [-0.4, -0.2) is 0 Å². The van der Waals surface area contributed by atoms with Crippen LogP contribution in [0, 0.1) is 0 Å². The van der Waals surface area contributed by atoms with Crippen LogP contribution in [0.15, 0.2) is 63.4 Å². The fourth-order valence-corrected chi connectivity index (χ4v) is 2.94. The van der Waals surface area contributed by atoms with Gasteiger partial charge in [0.1, 0.15) is 22.3 Å². The highest BCUT2D eigenvalue weighted by molar-refractivity contribution is 6.29. The molecular weight excluding hydrogens is 307 g/mol. The molecule has 0 aliphatic carbocycles. The Bertz CT molecular complexity index is 936. The number of fused-ring (bicyclic) bond motifs is 3. The van der Waals surface area contributed by atoms with Gasteiger partial charge in [-0.2, -0.15) is 0 Å². The van der Waals surface area contributed by atoms with Crippen LogP contribution >= 0.6 is 23.2 Å². The van der Waals surface area contributed by atoms with E-state index >= 15 is 0 Å². The summed E-state index contributed by atoms with van der Waals surface area (Å²) < 4.78 is 11.2. The minimum absolute atomic E-state index is 0.338. The van der Waals surface area contributed by atoms with E-state index < -0.39 is 0 Å². The Kier molecular flexibility index (Phi) is 2.95. The van der Waals surface area contributed by atoms with Crippen molar-refractivity contribution in [1.82, 2.24) is 0 Å². The van der Waals surface area contributed by atoms with Crippen molar-refractivity contribution in [2.75, 3.05) is 0 Å². The number of para-hydroxylation sites is 1. The van der Waals surface area contributed by atoms with Crippen molar-refractivity contribution in [1.29, 1.82) is 0 Å². The highest BCUT2D eigenvalue weighted by atomic mass is 35.5. The van der Waals surface area contributed by atoms with Gasteiger partial charge in [0.05, 0.1) is 0 Å². The fraction of sp³-hybridized carbons (Fsp3) is 0.0588. The Labute approximate surface area is 130 Å². The summed E-state index contributed by atoms with van der Waals surface area (Å²) in [4.78, 5) is 0. The standard InChI is InChI=1S/C17H10Cl2O2/c18-16-8-7-15(21-16)17(19)10-5-6-14-12(9-10)11-3-1-2-4-13(11)20-14/h1-9,17H. The highest BCUT2D eigenvalue weighted by Crippen LogP contribution is 2.35. The van der Waals surface area contributed by atoms with Gasteiger partial charge < -0.3 is 8.83 Å². The molecule has 21 heavy (non-hydrogen) atoms. The molecule has 0 aliphatic rings. The molecule has 2 aromatic carbocycles. The molecule has 1 unspecified atom stereocenters. The van der Waals surface area contributed by atoms with Gasteiger partial charge in [-0.05, 0) is 47.5 Å². The molecule has 0 amide bonds. The van der Waals surface area contributed by atoms with E-state index in [0.29, 0.717) is 11.0 Å². The second kappa shape index (κ2) is 4.83. The molecule has 4 heteroatoms. The van der Waals surface area contributed by atoms with Crippen molar-refractivity contribution < 1.29 is 8.83 Å². The van der Waals surface area contributed by atoms with E-state index in [1.54, 1.807) is 12.1 Å². The number of furan rings is 2. The SMILES string of the molecule is Clc1ccc(C(Cl)c2ccc3oc4ccccc4c3c2)o1. The van der Waals surface area contributed by atoms with Gasteiger partial charge in [0, 0.05) is 10.8 Å². The van der Waals surface area contributed by atoms with E-state index in [1.807, 2.05) is 42.5 Å². The van der Waals surface area contributed by atoms with Crippen molar-refractivity contribution in [3.05, 3.63) is 71.1 Å². The molecule has 2 aromatic heterocycles. The third kappa shape index (κ3) is 2.11. The predicted molar refractivity (Wildman–Crippen MR) is 85.1 cm³/mol. The van der Waals surface area contributed by atoms with Gasteiger partial charge in [-0.25, -0.2) is 0 Å². The third-order valence-corrected chi connectivity index (χ3v) is 4.21. The van der Waals surface area contributed by atoms with Gasteiger partial charge in [-0.1, -0.05) is 24.3 Å². The molecular formula is C17H10Cl2O2. The smallest absolute Gasteiger partial charge is 0.193 e. The maximum Gasteiger partial charge on any atom is 0.193 e. The van der Waals surface area contributed by atoms with Crippen LogP contribution in [0.2, 0.25) is 5.22 Å². The van der Waals surface area contributed by atoms with Crippen LogP contribution in [0.4, 0.5) is 0 Å². The third-order valence-electron chi connectivity index (χ3n) is 3.54. The van der Waals surface area contributed by atoms with Crippen molar-refractivity contribution in [3.8, 4) is 0 Å². The van der Waals surface area contributed by atoms with E-state index in [2.05, 4.69) is 0 Å². The number of halogens is 2. The molecule has 0 radical (unpaired) electrons. The van der Waals surface area contributed by atoms with Crippen molar-refractivity contribution >= 4 is 45.1 Å². The Balaban J connectivity index is 1.88. The van der Waals surface area contributed by atoms with Gasteiger partial charge in [0.25, 0.3) is 0 Å². The summed E-state index contributed by atoms with van der Waals surface area (Å²) in [6.45, 7) is 0. The van der Waals surface area contributed by atoms with Crippen LogP contribution in [0.3, 0.4) is 0 Å². The van der Waals surface area contributed by atoms with Crippen LogP contribution in [0.1, 0.15) is 16.7 Å². The summed E-state index contributed by atoms with van der Waals surface area (Å²) in [6.07, 6.45) is 0. The zero-order valence-electron chi connectivity index (χ0n) is 10.8. The first-order chi connectivity index (χ1) is 10.2. The number of benzene rings is 2. The van der Waals surface area contributed by atoms with E-state index in [1.165, 1.54) is 0 Å². The monoisotopic (exact) mass is 316 g/mol. The second-order valence-electron chi connectivity index (χ2n) is 4.86. The predicted octanol–water partition coefficient (Wildman–Crippen LogP) is 6.16. The molecule has 0 fully saturated rings. The van der Waals surface area contributed by atoms with Crippen LogP contribution in [0.25, 0.3) is 21.9 Å². The summed E-state index contributed by atoms with van der Waals surface area (Å²) >= 11 is 12.3. The maximum atomic E-state index is 6.48. The molecule has 4 aromatic rings. The molecule has 0 bridgehead atoms. The first kappa shape index (κ1) is 12.8. The zero-order valence-corrected chi connectivity index (χ0v) is 12.4. The van der Waals surface area contributed by atoms with Crippen LogP contribution < -0.4 is 0 Å². The molecule has 1 atom stereocenters. The first-order valence-corrected chi connectivity index (χ1v) is 7.34. The molecule has 2 nitrogen and oxygen atoms in total. The fourth-order valence-electron chi connectivity index (χ4n) is 2.53. The molecule has 0 aliphatic heterocycles. The summed E-state index contributed by atoms with van der Waals surface area (Å²) in [5.74, 6) is 0.633. The quantitative estimate of drug-likeness (QED) is 0.414. The van der Waals surface area contributed by atoms with Crippen LogP contribution in [-0.2, 0) is 0 Å². The lowest BCUT2D eigenvalue weighted by atomic mass is 10.1. The Hall–Kier alpha value is -1.90. The average molecular weight is 317 g/mol. The zero-order chi connectivity index (χ0) is 14.4. The summed E-state index contributed by atoms with van der Waals surface area (Å²) in [5, 5.41) is 2.09. The number of hydrogen-bond acceptors (Lipinski definition) is 2. The highest BCUT2D eigenvalue weighted by Gasteiger charge is 2.16.